The molecule has 1 aromatic carbocycles. The van der Waals surface area contributed by atoms with Crippen LogP contribution in [0, 0.1) is 11.8 Å². The molecule has 1 aliphatic carbocycles. The van der Waals surface area contributed by atoms with E-state index in [4.69, 9.17) is 10.5 Å². The number of carbonyl (C=O) groups excluding carboxylic acids is 2. The number of ether oxygens (including phenoxy) is 1. The minimum absolute atomic E-state index is 0. The number of benzene rings is 1. The van der Waals surface area contributed by atoms with Gasteiger partial charge in [0.25, 0.3) is 0 Å². The van der Waals surface area contributed by atoms with E-state index < -0.39 is 6.04 Å². The van der Waals surface area contributed by atoms with E-state index in [1.54, 1.807) is 4.90 Å². The zero-order valence-electron chi connectivity index (χ0n) is 14.8. The number of hydrogen-bond acceptors (Lipinski definition) is 4. The van der Waals surface area contributed by atoms with Crippen molar-refractivity contribution in [3.8, 4) is 0 Å². The summed E-state index contributed by atoms with van der Waals surface area (Å²) >= 11 is 0. The van der Waals surface area contributed by atoms with Crippen LogP contribution in [0.2, 0.25) is 0 Å². The van der Waals surface area contributed by atoms with Gasteiger partial charge >= 0.3 is 0 Å². The molecule has 2 amide bonds. The Balaban J connectivity index is 0.00000196. The Morgan fingerprint density at radius 3 is 2.69 bits per heavy atom. The van der Waals surface area contributed by atoms with Crippen LogP contribution in [0.5, 0.6) is 0 Å². The second-order valence-electron chi connectivity index (χ2n) is 7.45. The van der Waals surface area contributed by atoms with Crippen molar-refractivity contribution in [3.05, 3.63) is 35.9 Å². The summed E-state index contributed by atoms with van der Waals surface area (Å²) in [4.78, 5) is 29.1. The molecule has 2 aliphatic heterocycles. The molecule has 6 nitrogen and oxygen atoms in total. The number of fused-ring (bicyclic) bond motifs is 1. The number of morpholine rings is 1. The van der Waals surface area contributed by atoms with Gasteiger partial charge < -0.3 is 20.3 Å². The lowest BCUT2D eigenvalue weighted by Gasteiger charge is -2.36. The SMILES string of the molecule is Cl.NC1CCC2CN(C(=O)[C@H]3COCC(=O)N3Cc3ccccc3)CC12. The summed E-state index contributed by atoms with van der Waals surface area (Å²) in [5.74, 6) is 0.809. The summed E-state index contributed by atoms with van der Waals surface area (Å²) in [5.41, 5.74) is 7.21. The highest BCUT2D eigenvalue weighted by Gasteiger charge is 2.45. The minimum Gasteiger partial charge on any atom is -0.369 e. The number of nitrogens with zero attached hydrogens (tertiary/aromatic N) is 2. The molecule has 142 valence electrons. The van der Waals surface area contributed by atoms with Gasteiger partial charge in [0.1, 0.15) is 12.6 Å². The summed E-state index contributed by atoms with van der Waals surface area (Å²) in [6.45, 7) is 2.25. The fourth-order valence-electron chi connectivity index (χ4n) is 4.49. The standard InChI is InChI=1S/C19H25N3O3.ClH/c20-16-7-6-14-9-21(10-15(14)16)19(24)17-11-25-12-18(23)22(17)8-13-4-2-1-3-5-13;/h1-5,14-17H,6-12,20H2;1H/t14?,15?,16?,17-;/m1./s1. The van der Waals surface area contributed by atoms with Crippen molar-refractivity contribution in [2.75, 3.05) is 26.3 Å². The lowest BCUT2D eigenvalue weighted by molar-refractivity contribution is -0.159. The average Bonchev–Trinajstić information content (AvgIpc) is 3.19. The number of amides is 2. The van der Waals surface area contributed by atoms with Crippen LogP contribution in [0.3, 0.4) is 0 Å². The highest BCUT2D eigenvalue weighted by Crippen LogP contribution is 2.37. The third-order valence-electron chi connectivity index (χ3n) is 5.90. The highest BCUT2D eigenvalue weighted by atomic mass is 35.5. The molecule has 26 heavy (non-hydrogen) atoms. The van der Waals surface area contributed by atoms with Crippen LogP contribution >= 0.6 is 12.4 Å². The van der Waals surface area contributed by atoms with E-state index in [9.17, 15) is 9.59 Å². The number of carbonyl (C=O) groups is 2. The minimum atomic E-state index is -0.531. The molecule has 2 heterocycles. The topological polar surface area (TPSA) is 75.9 Å². The Hall–Kier alpha value is -1.63. The van der Waals surface area contributed by atoms with Crippen molar-refractivity contribution >= 4 is 24.2 Å². The molecule has 2 saturated heterocycles. The largest absolute Gasteiger partial charge is 0.369 e. The number of likely N-dealkylation sites (tertiary alicyclic amines) is 1. The third-order valence-corrected chi connectivity index (χ3v) is 5.90. The number of nitrogens with two attached hydrogens (primary N) is 1. The quantitative estimate of drug-likeness (QED) is 0.851. The molecule has 0 radical (unpaired) electrons. The second-order valence-corrected chi connectivity index (χ2v) is 7.45. The van der Waals surface area contributed by atoms with Crippen LogP contribution in [0.1, 0.15) is 18.4 Å². The smallest absolute Gasteiger partial charge is 0.249 e. The fourth-order valence-corrected chi connectivity index (χ4v) is 4.49. The Kier molecular flexibility index (Phi) is 5.85. The van der Waals surface area contributed by atoms with Crippen molar-refractivity contribution in [2.24, 2.45) is 17.6 Å². The van der Waals surface area contributed by atoms with Crippen LogP contribution in [-0.4, -0.2) is 60.0 Å². The first-order valence-corrected chi connectivity index (χ1v) is 9.09. The molecule has 3 unspecified atom stereocenters. The van der Waals surface area contributed by atoms with Gasteiger partial charge in [0.15, 0.2) is 0 Å². The summed E-state index contributed by atoms with van der Waals surface area (Å²) in [6, 6.07) is 9.45. The molecular weight excluding hydrogens is 354 g/mol. The van der Waals surface area contributed by atoms with Crippen LogP contribution in [0.25, 0.3) is 0 Å². The molecule has 3 fully saturated rings. The van der Waals surface area contributed by atoms with Gasteiger partial charge in [-0.1, -0.05) is 30.3 Å². The van der Waals surface area contributed by atoms with Gasteiger partial charge in [0.2, 0.25) is 11.8 Å². The fraction of sp³-hybridized carbons (Fsp3) is 0.579. The van der Waals surface area contributed by atoms with E-state index in [0.29, 0.717) is 24.9 Å². The summed E-state index contributed by atoms with van der Waals surface area (Å²) in [7, 11) is 0. The maximum atomic E-state index is 13.1. The molecule has 7 heteroatoms. The zero-order chi connectivity index (χ0) is 17.4. The predicted molar refractivity (Wildman–Crippen MR) is 99.6 cm³/mol. The first kappa shape index (κ1) is 19.1. The Bertz CT molecular complexity index is 657. The molecule has 4 atom stereocenters. The van der Waals surface area contributed by atoms with Crippen molar-refractivity contribution < 1.29 is 14.3 Å². The summed E-state index contributed by atoms with van der Waals surface area (Å²) < 4.78 is 5.39. The van der Waals surface area contributed by atoms with Gasteiger partial charge in [-0.25, -0.2) is 0 Å². The van der Waals surface area contributed by atoms with Gasteiger partial charge in [0.05, 0.1) is 6.61 Å². The lowest BCUT2D eigenvalue weighted by Crippen LogP contribution is -2.56. The van der Waals surface area contributed by atoms with Crippen molar-refractivity contribution in [3.63, 3.8) is 0 Å². The van der Waals surface area contributed by atoms with Crippen LogP contribution in [0.15, 0.2) is 30.3 Å². The Labute approximate surface area is 160 Å². The first-order chi connectivity index (χ1) is 12.1. The van der Waals surface area contributed by atoms with E-state index in [1.807, 2.05) is 35.2 Å². The number of hydrogen-bond donors (Lipinski definition) is 1. The molecular formula is C19H26ClN3O3. The lowest BCUT2D eigenvalue weighted by atomic mass is 9.98. The van der Waals surface area contributed by atoms with E-state index in [0.717, 1.165) is 24.9 Å². The van der Waals surface area contributed by atoms with Gasteiger partial charge in [-0.05, 0) is 30.2 Å². The van der Waals surface area contributed by atoms with Crippen LogP contribution in [-0.2, 0) is 20.9 Å². The van der Waals surface area contributed by atoms with Gasteiger partial charge in [-0.2, -0.15) is 0 Å². The van der Waals surface area contributed by atoms with Crippen LogP contribution < -0.4 is 5.73 Å². The molecule has 0 aromatic heterocycles. The zero-order valence-corrected chi connectivity index (χ0v) is 15.6. The van der Waals surface area contributed by atoms with Crippen molar-refractivity contribution in [1.82, 2.24) is 9.80 Å². The molecule has 0 spiro atoms. The van der Waals surface area contributed by atoms with Gasteiger partial charge in [-0.15, -0.1) is 12.4 Å². The number of halogens is 1. The molecule has 4 rings (SSSR count). The molecule has 1 aromatic rings. The van der Waals surface area contributed by atoms with Crippen molar-refractivity contribution in [2.45, 2.75) is 31.5 Å². The molecule has 1 saturated carbocycles. The third kappa shape index (κ3) is 3.59. The monoisotopic (exact) mass is 379 g/mol. The van der Waals surface area contributed by atoms with Crippen LogP contribution in [0.4, 0.5) is 0 Å². The Morgan fingerprint density at radius 2 is 1.96 bits per heavy atom. The summed E-state index contributed by atoms with van der Waals surface area (Å²) in [5, 5.41) is 0. The highest BCUT2D eigenvalue weighted by molar-refractivity contribution is 5.89. The average molecular weight is 380 g/mol. The van der Waals surface area contributed by atoms with E-state index in [2.05, 4.69) is 0 Å². The first-order valence-electron chi connectivity index (χ1n) is 9.09. The molecule has 2 N–H and O–H groups in total. The maximum absolute atomic E-state index is 13.1. The molecule has 3 aliphatic rings. The van der Waals surface area contributed by atoms with Gasteiger partial charge in [-0.3, -0.25) is 9.59 Å². The Morgan fingerprint density at radius 1 is 1.19 bits per heavy atom. The van der Waals surface area contributed by atoms with Gasteiger partial charge in [0, 0.05) is 25.7 Å². The van der Waals surface area contributed by atoms with E-state index in [1.165, 1.54) is 0 Å². The maximum Gasteiger partial charge on any atom is 0.249 e. The second kappa shape index (κ2) is 7.94. The van der Waals surface area contributed by atoms with E-state index in [-0.39, 0.29) is 43.5 Å². The van der Waals surface area contributed by atoms with E-state index >= 15 is 0 Å². The normalized spacial score (nSPS) is 30.9. The number of rotatable bonds is 3. The van der Waals surface area contributed by atoms with Crippen molar-refractivity contribution in [1.29, 1.82) is 0 Å². The molecule has 0 bridgehead atoms. The summed E-state index contributed by atoms with van der Waals surface area (Å²) in [6.07, 6.45) is 2.16. The predicted octanol–water partition coefficient (Wildman–Crippen LogP) is 1.03.